The number of pyridine rings is 1. The summed E-state index contributed by atoms with van der Waals surface area (Å²) in [6.07, 6.45) is 4.73. The largest absolute Gasteiger partial charge is 0.326 e. The number of nitrogens with zero attached hydrogens (tertiary/aromatic N) is 1. The Morgan fingerprint density at radius 1 is 1.04 bits per heavy atom. The van der Waals surface area contributed by atoms with Crippen molar-refractivity contribution < 1.29 is 9.59 Å². The lowest BCUT2D eigenvalue weighted by atomic mass is 10.0. The number of nitrogens with one attached hydrogen (secondary N) is 2. The van der Waals surface area contributed by atoms with Crippen molar-refractivity contribution in [2.75, 3.05) is 10.6 Å². The van der Waals surface area contributed by atoms with Gasteiger partial charge in [0.25, 0.3) is 5.91 Å². The van der Waals surface area contributed by atoms with Crippen LogP contribution in [0.4, 0.5) is 11.4 Å². The van der Waals surface area contributed by atoms with Gasteiger partial charge in [0.1, 0.15) is 0 Å². The smallest absolute Gasteiger partial charge is 0.257 e. The van der Waals surface area contributed by atoms with Crippen LogP contribution in [-0.4, -0.2) is 16.8 Å². The van der Waals surface area contributed by atoms with E-state index in [9.17, 15) is 9.59 Å². The molecule has 2 amide bonds. The summed E-state index contributed by atoms with van der Waals surface area (Å²) in [6.45, 7) is 4.00. The van der Waals surface area contributed by atoms with Gasteiger partial charge in [-0.25, -0.2) is 0 Å². The van der Waals surface area contributed by atoms with E-state index in [0.717, 1.165) is 12.8 Å². The Morgan fingerprint density at radius 3 is 2.35 bits per heavy atom. The van der Waals surface area contributed by atoms with Gasteiger partial charge in [-0.2, -0.15) is 0 Å². The molecule has 1 aromatic heterocycles. The molecular formula is C18H21N3O2. The Kier molecular flexibility index (Phi) is 5.86. The lowest BCUT2D eigenvalue weighted by Gasteiger charge is -2.13. The lowest BCUT2D eigenvalue weighted by molar-refractivity contribution is -0.120. The van der Waals surface area contributed by atoms with Crippen LogP contribution in [0, 0.1) is 5.92 Å². The predicted molar refractivity (Wildman–Crippen MR) is 91.3 cm³/mol. The molecule has 0 fully saturated rings. The highest BCUT2D eigenvalue weighted by Gasteiger charge is 2.14. The highest BCUT2D eigenvalue weighted by atomic mass is 16.2. The second-order valence-electron chi connectivity index (χ2n) is 5.28. The minimum Gasteiger partial charge on any atom is -0.326 e. The van der Waals surface area contributed by atoms with Crippen LogP contribution >= 0.6 is 0 Å². The van der Waals surface area contributed by atoms with Gasteiger partial charge in [0.05, 0.1) is 5.56 Å². The molecule has 1 heterocycles. The molecule has 0 atom stereocenters. The van der Waals surface area contributed by atoms with Crippen molar-refractivity contribution in [3.63, 3.8) is 0 Å². The highest BCUT2D eigenvalue weighted by Crippen LogP contribution is 2.18. The molecule has 120 valence electrons. The summed E-state index contributed by atoms with van der Waals surface area (Å²) in [4.78, 5) is 28.2. The summed E-state index contributed by atoms with van der Waals surface area (Å²) in [5, 5.41) is 5.69. The predicted octanol–water partition coefficient (Wildman–Crippen LogP) is 3.71. The Labute approximate surface area is 136 Å². The van der Waals surface area contributed by atoms with Crippen LogP contribution in [0.5, 0.6) is 0 Å². The van der Waals surface area contributed by atoms with Crippen molar-refractivity contribution in [2.24, 2.45) is 5.92 Å². The van der Waals surface area contributed by atoms with Gasteiger partial charge in [-0.15, -0.1) is 0 Å². The molecule has 2 rings (SSSR count). The quantitative estimate of drug-likeness (QED) is 0.854. The van der Waals surface area contributed by atoms with Gasteiger partial charge in [0, 0.05) is 29.7 Å². The molecule has 2 aromatic rings. The third-order valence-corrected chi connectivity index (χ3v) is 3.67. The van der Waals surface area contributed by atoms with Gasteiger partial charge >= 0.3 is 0 Å². The fourth-order valence-electron chi connectivity index (χ4n) is 2.28. The van der Waals surface area contributed by atoms with Crippen LogP contribution < -0.4 is 10.6 Å². The normalized spacial score (nSPS) is 10.4. The summed E-state index contributed by atoms with van der Waals surface area (Å²) in [5.74, 6) is -0.226. The molecule has 0 radical (unpaired) electrons. The van der Waals surface area contributed by atoms with Crippen LogP contribution in [0.3, 0.4) is 0 Å². The fourth-order valence-corrected chi connectivity index (χ4v) is 2.28. The summed E-state index contributed by atoms with van der Waals surface area (Å²) in [7, 11) is 0. The first-order valence-corrected chi connectivity index (χ1v) is 7.76. The number of hydrogen-bond acceptors (Lipinski definition) is 3. The third kappa shape index (κ3) is 4.64. The number of rotatable bonds is 6. The molecule has 0 unspecified atom stereocenters. The minimum absolute atomic E-state index is 0.00337. The number of carbonyl (C=O) groups is 2. The molecule has 5 nitrogen and oxygen atoms in total. The summed E-state index contributed by atoms with van der Waals surface area (Å²) >= 11 is 0. The molecule has 0 bridgehead atoms. The molecule has 1 aromatic carbocycles. The van der Waals surface area contributed by atoms with Crippen molar-refractivity contribution in [3.05, 3.63) is 54.4 Å². The second-order valence-corrected chi connectivity index (χ2v) is 5.28. The standard InChI is InChI=1S/C18H21N3O2/c1-3-13(4-2)17(22)20-15-8-5-9-16(11-15)21-18(23)14-7-6-10-19-12-14/h5-13H,3-4H2,1-2H3,(H,20,22)(H,21,23). The third-order valence-electron chi connectivity index (χ3n) is 3.67. The first kappa shape index (κ1) is 16.7. The van der Waals surface area contributed by atoms with Crippen molar-refractivity contribution in [3.8, 4) is 0 Å². The van der Waals surface area contributed by atoms with E-state index < -0.39 is 0 Å². The van der Waals surface area contributed by atoms with E-state index in [0.29, 0.717) is 16.9 Å². The molecule has 2 N–H and O–H groups in total. The maximum atomic E-state index is 12.1. The van der Waals surface area contributed by atoms with Gasteiger partial charge in [0.15, 0.2) is 0 Å². The van der Waals surface area contributed by atoms with Gasteiger partial charge in [-0.1, -0.05) is 19.9 Å². The summed E-state index contributed by atoms with van der Waals surface area (Å²) in [5.41, 5.74) is 1.78. The van der Waals surface area contributed by atoms with Crippen molar-refractivity contribution in [1.82, 2.24) is 4.98 Å². The number of amides is 2. The van der Waals surface area contributed by atoms with Gasteiger partial charge in [-0.05, 0) is 43.2 Å². The second kappa shape index (κ2) is 8.08. The van der Waals surface area contributed by atoms with Crippen LogP contribution in [-0.2, 0) is 4.79 Å². The maximum Gasteiger partial charge on any atom is 0.257 e. The first-order valence-electron chi connectivity index (χ1n) is 7.76. The van der Waals surface area contributed by atoms with E-state index in [4.69, 9.17) is 0 Å². The molecule has 5 heteroatoms. The number of anilines is 2. The summed E-state index contributed by atoms with van der Waals surface area (Å²) in [6, 6.07) is 10.5. The zero-order chi connectivity index (χ0) is 16.7. The topological polar surface area (TPSA) is 71.1 Å². The SMILES string of the molecule is CCC(CC)C(=O)Nc1cccc(NC(=O)c2cccnc2)c1. The zero-order valence-corrected chi connectivity index (χ0v) is 13.4. The number of aromatic nitrogens is 1. The average Bonchev–Trinajstić information content (AvgIpc) is 2.57. The number of benzene rings is 1. The molecule has 0 aliphatic carbocycles. The molecular weight excluding hydrogens is 290 g/mol. The number of carbonyl (C=O) groups excluding carboxylic acids is 2. The van der Waals surface area contributed by atoms with Crippen LogP contribution in [0.2, 0.25) is 0 Å². The van der Waals surface area contributed by atoms with E-state index in [1.54, 1.807) is 42.6 Å². The molecule has 0 saturated carbocycles. The van der Waals surface area contributed by atoms with E-state index in [2.05, 4.69) is 15.6 Å². The average molecular weight is 311 g/mol. The number of hydrogen-bond donors (Lipinski definition) is 2. The molecule has 0 aliphatic rings. The minimum atomic E-state index is -0.235. The monoisotopic (exact) mass is 311 g/mol. The Hall–Kier alpha value is -2.69. The van der Waals surface area contributed by atoms with E-state index in [-0.39, 0.29) is 17.7 Å². The van der Waals surface area contributed by atoms with Crippen LogP contribution in [0.25, 0.3) is 0 Å². The van der Waals surface area contributed by atoms with Crippen LogP contribution in [0.15, 0.2) is 48.8 Å². The molecule has 23 heavy (non-hydrogen) atoms. The Bertz CT molecular complexity index is 667. The fraction of sp³-hybridized carbons (Fsp3) is 0.278. The lowest BCUT2D eigenvalue weighted by Crippen LogP contribution is -2.21. The first-order chi connectivity index (χ1) is 11.1. The van der Waals surface area contributed by atoms with Crippen LogP contribution in [0.1, 0.15) is 37.0 Å². The van der Waals surface area contributed by atoms with Gasteiger partial charge in [-0.3, -0.25) is 14.6 Å². The highest BCUT2D eigenvalue weighted by molar-refractivity contribution is 6.04. The Morgan fingerprint density at radius 2 is 1.74 bits per heavy atom. The molecule has 0 spiro atoms. The van der Waals surface area contributed by atoms with Crippen molar-refractivity contribution >= 4 is 23.2 Å². The van der Waals surface area contributed by atoms with Gasteiger partial charge < -0.3 is 10.6 Å². The van der Waals surface area contributed by atoms with E-state index in [1.165, 1.54) is 6.20 Å². The maximum absolute atomic E-state index is 12.1. The van der Waals surface area contributed by atoms with E-state index >= 15 is 0 Å². The van der Waals surface area contributed by atoms with Gasteiger partial charge in [0.2, 0.25) is 5.91 Å². The Balaban J connectivity index is 2.05. The molecule has 0 aliphatic heterocycles. The van der Waals surface area contributed by atoms with E-state index in [1.807, 2.05) is 13.8 Å². The zero-order valence-electron chi connectivity index (χ0n) is 13.4. The van der Waals surface area contributed by atoms with Crippen molar-refractivity contribution in [1.29, 1.82) is 0 Å². The summed E-state index contributed by atoms with van der Waals surface area (Å²) < 4.78 is 0. The molecule has 0 saturated heterocycles. The van der Waals surface area contributed by atoms with Crippen molar-refractivity contribution in [2.45, 2.75) is 26.7 Å².